The number of alkyl halides is 1. The number of carboxylic acids is 1. The molecule has 4 rings (SSSR count). The van der Waals surface area contributed by atoms with Crippen LogP contribution in [0.2, 0.25) is 0 Å². The maximum absolute atomic E-state index is 12.8. The van der Waals surface area contributed by atoms with Crippen LogP contribution in [0.3, 0.4) is 0 Å². The highest BCUT2D eigenvalue weighted by atomic mass is 127. The number of aryl methyl sites for hydroxylation is 1. The van der Waals surface area contributed by atoms with Gasteiger partial charge in [0.2, 0.25) is 0 Å². The minimum Gasteiger partial charge on any atom is -0.479 e. The molecular weight excluding hydrogens is 447 g/mol. The van der Waals surface area contributed by atoms with Gasteiger partial charge in [0.15, 0.2) is 4.05 Å². The van der Waals surface area contributed by atoms with Gasteiger partial charge in [-0.2, -0.15) is 5.10 Å². The molecule has 1 aliphatic rings. The second-order valence-corrected chi connectivity index (χ2v) is 7.29. The number of amides is 1. The molecule has 8 heteroatoms. The first kappa shape index (κ1) is 16.8. The number of anilines is 2. The second-order valence-electron chi connectivity index (χ2n) is 6.11. The summed E-state index contributed by atoms with van der Waals surface area (Å²) in [5.41, 5.74) is 3.89. The lowest BCUT2D eigenvalue weighted by Gasteiger charge is -2.18. The third-order valence-corrected chi connectivity index (χ3v) is 5.67. The number of rotatable bonds is 4. The van der Waals surface area contributed by atoms with E-state index in [1.165, 1.54) is 4.90 Å². The Balaban J connectivity index is 1.68. The fraction of sp³-hybridized carbons (Fsp3) is 0.167. The Hall–Kier alpha value is -2.62. The number of benzene rings is 2. The molecule has 132 valence electrons. The van der Waals surface area contributed by atoms with E-state index in [0.717, 1.165) is 22.2 Å². The molecule has 3 aromatic rings. The van der Waals surface area contributed by atoms with E-state index in [2.05, 4.69) is 10.4 Å². The Morgan fingerprint density at radius 1 is 1.35 bits per heavy atom. The van der Waals surface area contributed by atoms with Crippen molar-refractivity contribution in [1.82, 2.24) is 14.7 Å². The van der Waals surface area contributed by atoms with Crippen LogP contribution in [0.5, 0.6) is 0 Å². The first-order valence-corrected chi connectivity index (χ1v) is 9.19. The number of aromatic nitrogens is 2. The van der Waals surface area contributed by atoms with Gasteiger partial charge in [-0.1, -0.05) is 12.1 Å². The van der Waals surface area contributed by atoms with Gasteiger partial charge in [-0.3, -0.25) is 9.48 Å². The number of carbonyl (C=O) groups excluding carboxylic acids is 1. The van der Waals surface area contributed by atoms with Gasteiger partial charge in [0, 0.05) is 24.7 Å². The minimum atomic E-state index is -1.02. The van der Waals surface area contributed by atoms with Gasteiger partial charge in [0.25, 0.3) is 5.91 Å². The van der Waals surface area contributed by atoms with E-state index >= 15 is 0 Å². The number of carboxylic acid groups (broad SMARTS) is 1. The average Bonchev–Trinajstić information content (AvgIpc) is 3.15. The number of fused-ring (bicyclic) bond motifs is 2. The summed E-state index contributed by atoms with van der Waals surface area (Å²) < 4.78 is 0.903. The zero-order chi connectivity index (χ0) is 18.4. The molecule has 1 amide bonds. The van der Waals surface area contributed by atoms with Gasteiger partial charge in [0.05, 0.1) is 23.0 Å². The fourth-order valence-corrected chi connectivity index (χ4v) is 3.65. The number of halogens is 1. The van der Waals surface area contributed by atoms with Crippen LogP contribution in [0.15, 0.2) is 42.6 Å². The van der Waals surface area contributed by atoms with Crippen LogP contribution in [0, 0.1) is 0 Å². The molecule has 1 aliphatic heterocycles. The monoisotopic (exact) mass is 462 g/mol. The van der Waals surface area contributed by atoms with Crippen molar-refractivity contribution in [3.63, 3.8) is 0 Å². The summed E-state index contributed by atoms with van der Waals surface area (Å²) in [6.45, 7) is 0.297. The molecule has 2 N–H and O–H groups in total. The number of carbonyl (C=O) groups is 2. The van der Waals surface area contributed by atoms with E-state index in [-0.39, 0.29) is 5.91 Å². The normalized spacial score (nSPS) is 14.5. The summed E-state index contributed by atoms with van der Waals surface area (Å²) in [5.74, 6) is -1.30. The molecule has 26 heavy (non-hydrogen) atoms. The molecule has 1 atom stereocenters. The lowest BCUT2D eigenvalue weighted by Crippen LogP contribution is -2.36. The average molecular weight is 462 g/mol. The molecule has 0 fully saturated rings. The van der Waals surface area contributed by atoms with E-state index in [0.29, 0.717) is 17.8 Å². The second kappa shape index (κ2) is 6.27. The van der Waals surface area contributed by atoms with Gasteiger partial charge < -0.3 is 15.3 Å². The summed E-state index contributed by atoms with van der Waals surface area (Å²) in [5, 5.41) is 17.7. The van der Waals surface area contributed by atoms with E-state index in [4.69, 9.17) is 0 Å². The van der Waals surface area contributed by atoms with Crippen LogP contribution < -0.4 is 5.32 Å². The van der Waals surface area contributed by atoms with Crippen molar-refractivity contribution >= 4 is 56.7 Å². The standard InChI is InChI=1S/C18H15IN4O3/c1-22-14-6-5-12(7-11(14)8-20-22)21-13-4-2-3-10-9-23(16(19)18(25)26)17(24)15(10)13/h2-8,16,21H,9H2,1H3,(H,25,26). The Morgan fingerprint density at radius 2 is 2.15 bits per heavy atom. The molecule has 1 unspecified atom stereocenters. The topological polar surface area (TPSA) is 87.5 Å². The van der Waals surface area contributed by atoms with Crippen molar-refractivity contribution in [3.8, 4) is 0 Å². The molecule has 0 radical (unpaired) electrons. The van der Waals surface area contributed by atoms with Crippen molar-refractivity contribution in [3.05, 3.63) is 53.7 Å². The Bertz CT molecular complexity index is 1050. The van der Waals surface area contributed by atoms with Crippen LogP contribution in [-0.4, -0.2) is 35.7 Å². The summed E-state index contributed by atoms with van der Waals surface area (Å²) in [7, 11) is 1.88. The highest BCUT2D eigenvalue weighted by molar-refractivity contribution is 14.1. The molecule has 0 spiro atoms. The molecule has 7 nitrogen and oxygen atoms in total. The number of nitrogens with zero attached hydrogens (tertiary/aromatic N) is 3. The highest BCUT2D eigenvalue weighted by Gasteiger charge is 2.36. The van der Waals surface area contributed by atoms with Crippen molar-refractivity contribution < 1.29 is 14.7 Å². The molecule has 2 aromatic carbocycles. The van der Waals surface area contributed by atoms with Gasteiger partial charge in [0.1, 0.15) is 0 Å². The summed E-state index contributed by atoms with van der Waals surface area (Å²) in [4.78, 5) is 25.4. The summed E-state index contributed by atoms with van der Waals surface area (Å²) in [6, 6.07) is 11.4. The zero-order valence-electron chi connectivity index (χ0n) is 13.8. The smallest absolute Gasteiger partial charge is 0.336 e. The molecular formula is C18H15IN4O3. The Labute approximate surface area is 162 Å². The molecule has 0 saturated carbocycles. The van der Waals surface area contributed by atoms with Crippen molar-refractivity contribution in [2.24, 2.45) is 7.05 Å². The van der Waals surface area contributed by atoms with E-state index in [1.807, 2.05) is 43.4 Å². The van der Waals surface area contributed by atoms with Crippen LogP contribution >= 0.6 is 22.6 Å². The summed E-state index contributed by atoms with van der Waals surface area (Å²) in [6.07, 6.45) is 1.79. The molecule has 2 heterocycles. The summed E-state index contributed by atoms with van der Waals surface area (Å²) >= 11 is 1.77. The van der Waals surface area contributed by atoms with Crippen molar-refractivity contribution in [2.75, 3.05) is 5.32 Å². The van der Waals surface area contributed by atoms with Gasteiger partial charge in [-0.05, 0) is 52.4 Å². The number of nitrogens with one attached hydrogen (secondary N) is 1. The number of aliphatic carboxylic acids is 1. The van der Waals surface area contributed by atoms with Crippen LogP contribution in [-0.2, 0) is 18.4 Å². The van der Waals surface area contributed by atoms with Crippen LogP contribution in [0.1, 0.15) is 15.9 Å². The van der Waals surface area contributed by atoms with E-state index in [1.54, 1.807) is 33.5 Å². The van der Waals surface area contributed by atoms with Gasteiger partial charge in [-0.25, -0.2) is 4.79 Å². The van der Waals surface area contributed by atoms with Gasteiger partial charge in [-0.15, -0.1) is 0 Å². The highest BCUT2D eigenvalue weighted by Crippen LogP contribution is 2.34. The van der Waals surface area contributed by atoms with Gasteiger partial charge >= 0.3 is 5.97 Å². The molecule has 0 bridgehead atoms. The molecule has 0 saturated heterocycles. The quantitative estimate of drug-likeness (QED) is 0.354. The Kier molecular flexibility index (Phi) is 4.06. The predicted octanol–water partition coefficient (Wildman–Crippen LogP) is 3.12. The first-order valence-electron chi connectivity index (χ1n) is 7.94. The number of hydrogen-bond donors (Lipinski definition) is 2. The lowest BCUT2D eigenvalue weighted by molar-refractivity contribution is -0.138. The maximum Gasteiger partial charge on any atom is 0.336 e. The first-order chi connectivity index (χ1) is 12.5. The van der Waals surface area contributed by atoms with Crippen molar-refractivity contribution in [2.45, 2.75) is 10.6 Å². The third-order valence-electron chi connectivity index (χ3n) is 4.47. The molecule has 0 aliphatic carbocycles. The predicted molar refractivity (Wildman–Crippen MR) is 106 cm³/mol. The van der Waals surface area contributed by atoms with E-state index < -0.39 is 10.0 Å². The third kappa shape index (κ3) is 2.70. The fourth-order valence-electron chi connectivity index (χ4n) is 3.20. The lowest BCUT2D eigenvalue weighted by atomic mass is 10.1. The van der Waals surface area contributed by atoms with E-state index in [9.17, 15) is 14.7 Å². The largest absolute Gasteiger partial charge is 0.479 e. The Morgan fingerprint density at radius 3 is 2.92 bits per heavy atom. The zero-order valence-corrected chi connectivity index (χ0v) is 16.0. The number of hydrogen-bond acceptors (Lipinski definition) is 4. The minimum absolute atomic E-state index is 0.271. The van der Waals surface area contributed by atoms with Crippen LogP contribution in [0.4, 0.5) is 11.4 Å². The SMILES string of the molecule is Cn1ncc2cc(Nc3cccc4c3C(=O)N(C(I)C(=O)O)C4)ccc21. The molecule has 1 aromatic heterocycles. The van der Waals surface area contributed by atoms with Crippen molar-refractivity contribution in [1.29, 1.82) is 0 Å². The maximum atomic E-state index is 12.8. The van der Waals surface area contributed by atoms with Crippen LogP contribution in [0.25, 0.3) is 10.9 Å².